The van der Waals surface area contributed by atoms with Gasteiger partial charge in [0.1, 0.15) is 5.69 Å². The molecular formula is C13H17N3O5S. The lowest BCUT2D eigenvalue weighted by molar-refractivity contribution is -0.384. The first-order valence-electron chi connectivity index (χ1n) is 6.86. The van der Waals surface area contributed by atoms with Crippen LogP contribution in [0.4, 0.5) is 11.4 Å². The van der Waals surface area contributed by atoms with Gasteiger partial charge in [0, 0.05) is 24.2 Å². The van der Waals surface area contributed by atoms with Crippen molar-refractivity contribution in [2.24, 2.45) is 0 Å². The molecule has 1 aromatic rings. The Morgan fingerprint density at radius 3 is 2.73 bits per heavy atom. The van der Waals surface area contributed by atoms with E-state index in [9.17, 15) is 23.3 Å². The number of nitrogens with zero attached hydrogens (tertiary/aromatic N) is 1. The third-order valence-corrected chi connectivity index (χ3v) is 5.16. The normalized spacial score (nSPS) is 19.6. The van der Waals surface area contributed by atoms with Gasteiger partial charge in [-0.3, -0.25) is 14.9 Å². The lowest BCUT2D eigenvalue weighted by Crippen LogP contribution is -2.35. The Labute approximate surface area is 128 Å². The van der Waals surface area contributed by atoms with E-state index >= 15 is 0 Å². The molecule has 0 radical (unpaired) electrons. The molecule has 1 amide bonds. The molecule has 1 heterocycles. The number of nitrogens with one attached hydrogen (secondary N) is 2. The monoisotopic (exact) mass is 327 g/mol. The number of hydrogen-bond acceptors (Lipinski definition) is 6. The van der Waals surface area contributed by atoms with Crippen LogP contribution in [-0.4, -0.2) is 43.3 Å². The van der Waals surface area contributed by atoms with Crippen molar-refractivity contribution in [1.82, 2.24) is 5.32 Å². The summed E-state index contributed by atoms with van der Waals surface area (Å²) in [5.74, 6) is -0.540. The standard InChI is InChI=1S/C13H17N3O5S/c1-2-14-11-4-3-9(7-12(11)16(18)19)13(17)15-10-5-6-22(20,21)8-10/h3-4,7,10,14H,2,5-6,8H2,1H3,(H,15,17). The second-order valence-electron chi connectivity index (χ2n) is 5.09. The van der Waals surface area contributed by atoms with Crippen LogP contribution in [-0.2, 0) is 9.84 Å². The van der Waals surface area contributed by atoms with E-state index in [1.165, 1.54) is 18.2 Å². The highest BCUT2D eigenvalue weighted by Crippen LogP contribution is 2.25. The van der Waals surface area contributed by atoms with Gasteiger partial charge in [-0.15, -0.1) is 0 Å². The van der Waals surface area contributed by atoms with Gasteiger partial charge in [-0.05, 0) is 25.5 Å². The highest BCUT2D eigenvalue weighted by molar-refractivity contribution is 7.91. The van der Waals surface area contributed by atoms with Gasteiger partial charge in [0.2, 0.25) is 0 Å². The zero-order valence-electron chi connectivity index (χ0n) is 12.0. The lowest BCUT2D eigenvalue weighted by Gasteiger charge is -2.11. The number of sulfone groups is 1. The van der Waals surface area contributed by atoms with Crippen LogP contribution in [0.25, 0.3) is 0 Å². The van der Waals surface area contributed by atoms with Gasteiger partial charge in [-0.1, -0.05) is 0 Å². The Morgan fingerprint density at radius 2 is 2.18 bits per heavy atom. The lowest BCUT2D eigenvalue weighted by atomic mass is 10.1. The summed E-state index contributed by atoms with van der Waals surface area (Å²) in [4.78, 5) is 22.6. The second kappa shape index (κ2) is 6.30. The number of carbonyl (C=O) groups excluding carboxylic acids is 1. The number of carbonyl (C=O) groups is 1. The first kappa shape index (κ1) is 16.2. The third-order valence-electron chi connectivity index (χ3n) is 3.39. The van der Waals surface area contributed by atoms with Crippen LogP contribution < -0.4 is 10.6 Å². The van der Waals surface area contributed by atoms with Gasteiger partial charge in [0.25, 0.3) is 11.6 Å². The zero-order valence-corrected chi connectivity index (χ0v) is 12.9. The summed E-state index contributed by atoms with van der Waals surface area (Å²) in [5.41, 5.74) is 0.290. The highest BCUT2D eigenvalue weighted by atomic mass is 32.2. The molecule has 1 aromatic carbocycles. The topological polar surface area (TPSA) is 118 Å². The average Bonchev–Trinajstić information content (AvgIpc) is 2.78. The smallest absolute Gasteiger partial charge is 0.293 e. The fourth-order valence-corrected chi connectivity index (χ4v) is 4.01. The first-order chi connectivity index (χ1) is 10.3. The van der Waals surface area contributed by atoms with E-state index in [0.717, 1.165) is 0 Å². The van der Waals surface area contributed by atoms with Crippen molar-refractivity contribution in [3.63, 3.8) is 0 Å². The van der Waals surface area contributed by atoms with Crippen molar-refractivity contribution >= 4 is 27.1 Å². The number of amides is 1. The van der Waals surface area contributed by atoms with Crippen molar-refractivity contribution in [2.75, 3.05) is 23.4 Å². The summed E-state index contributed by atoms with van der Waals surface area (Å²) >= 11 is 0. The fourth-order valence-electron chi connectivity index (χ4n) is 2.34. The maximum atomic E-state index is 12.1. The minimum Gasteiger partial charge on any atom is -0.380 e. The molecular weight excluding hydrogens is 310 g/mol. The van der Waals surface area contributed by atoms with Gasteiger partial charge in [-0.25, -0.2) is 8.42 Å². The molecule has 1 atom stereocenters. The molecule has 0 bridgehead atoms. The summed E-state index contributed by atoms with van der Waals surface area (Å²) < 4.78 is 22.7. The van der Waals surface area contributed by atoms with Gasteiger partial charge in [0.15, 0.2) is 9.84 Å². The Balaban J connectivity index is 2.16. The Bertz CT molecular complexity index is 702. The van der Waals surface area contributed by atoms with E-state index in [2.05, 4.69) is 10.6 Å². The van der Waals surface area contributed by atoms with Crippen LogP contribution in [0.3, 0.4) is 0 Å². The molecule has 120 valence electrons. The molecule has 1 saturated heterocycles. The molecule has 1 unspecified atom stereocenters. The maximum absolute atomic E-state index is 12.1. The van der Waals surface area contributed by atoms with E-state index in [1.54, 1.807) is 0 Å². The summed E-state index contributed by atoms with van der Waals surface area (Å²) in [7, 11) is -3.09. The Hall–Kier alpha value is -2.16. The third kappa shape index (κ3) is 3.73. The van der Waals surface area contributed by atoms with Crippen LogP contribution in [0.15, 0.2) is 18.2 Å². The summed E-state index contributed by atoms with van der Waals surface area (Å²) in [6.07, 6.45) is 0.367. The minimum atomic E-state index is -3.09. The SMILES string of the molecule is CCNc1ccc(C(=O)NC2CCS(=O)(=O)C2)cc1[N+](=O)[O-]. The predicted octanol–water partition coefficient (Wildman–Crippen LogP) is 0.943. The van der Waals surface area contributed by atoms with Gasteiger partial charge < -0.3 is 10.6 Å². The number of anilines is 1. The first-order valence-corrected chi connectivity index (χ1v) is 8.68. The van der Waals surface area contributed by atoms with E-state index in [0.29, 0.717) is 18.7 Å². The van der Waals surface area contributed by atoms with E-state index in [1.807, 2.05) is 6.92 Å². The molecule has 0 spiro atoms. The van der Waals surface area contributed by atoms with E-state index in [4.69, 9.17) is 0 Å². The minimum absolute atomic E-state index is 0.0530. The number of nitro benzene ring substituents is 1. The van der Waals surface area contributed by atoms with Crippen LogP contribution >= 0.6 is 0 Å². The number of hydrogen-bond donors (Lipinski definition) is 2. The van der Waals surface area contributed by atoms with Crippen LogP contribution in [0.2, 0.25) is 0 Å². The number of nitro groups is 1. The van der Waals surface area contributed by atoms with Gasteiger partial charge in [0.05, 0.1) is 16.4 Å². The molecule has 22 heavy (non-hydrogen) atoms. The van der Waals surface area contributed by atoms with E-state index in [-0.39, 0.29) is 22.8 Å². The van der Waals surface area contributed by atoms with Gasteiger partial charge in [-0.2, -0.15) is 0 Å². The molecule has 0 saturated carbocycles. The van der Waals surface area contributed by atoms with Crippen molar-refractivity contribution in [3.05, 3.63) is 33.9 Å². The molecule has 0 aliphatic carbocycles. The van der Waals surface area contributed by atoms with Crippen molar-refractivity contribution < 1.29 is 18.1 Å². The van der Waals surface area contributed by atoms with Crippen LogP contribution in [0.1, 0.15) is 23.7 Å². The number of benzene rings is 1. The summed E-state index contributed by atoms with van der Waals surface area (Å²) in [6, 6.07) is 3.70. The van der Waals surface area contributed by atoms with Crippen molar-refractivity contribution in [1.29, 1.82) is 0 Å². The Morgan fingerprint density at radius 1 is 1.45 bits per heavy atom. The Kier molecular flexibility index (Phi) is 4.65. The molecule has 1 fully saturated rings. The number of rotatable bonds is 5. The molecule has 8 nitrogen and oxygen atoms in total. The van der Waals surface area contributed by atoms with Crippen molar-refractivity contribution in [3.8, 4) is 0 Å². The summed E-state index contributed by atoms with van der Waals surface area (Å²) in [5, 5.41) is 16.5. The maximum Gasteiger partial charge on any atom is 0.293 e. The van der Waals surface area contributed by atoms with Crippen LogP contribution in [0, 0.1) is 10.1 Å². The predicted molar refractivity (Wildman–Crippen MR) is 81.8 cm³/mol. The zero-order chi connectivity index (χ0) is 16.3. The molecule has 2 N–H and O–H groups in total. The molecule has 2 rings (SSSR count). The quantitative estimate of drug-likeness (QED) is 0.614. The molecule has 1 aliphatic heterocycles. The summed E-state index contributed by atoms with van der Waals surface area (Å²) in [6.45, 7) is 2.33. The van der Waals surface area contributed by atoms with Crippen LogP contribution in [0.5, 0.6) is 0 Å². The largest absolute Gasteiger partial charge is 0.380 e. The van der Waals surface area contributed by atoms with Crippen molar-refractivity contribution in [2.45, 2.75) is 19.4 Å². The fraction of sp³-hybridized carbons (Fsp3) is 0.462. The van der Waals surface area contributed by atoms with E-state index < -0.39 is 26.7 Å². The molecule has 0 aromatic heterocycles. The second-order valence-corrected chi connectivity index (χ2v) is 7.32. The molecule has 9 heteroatoms. The highest BCUT2D eigenvalue weighted by Gasteiger charge is 2.29. The van der Waals surface area contributed by atoms with Gasteiger partial charge >= 0.3 is 0 Å². The average molecular weight is 327 g/mol. The molecule has 1 aliphatic rings.